The van der Waals surface area contributed by atoms with E-state index in [2.05, 4.69) is 9.88 Å². The third kappa shape index (κ3) is 3.06. The van der Waals surface area contributed by atoms with Gasteiger partial charge in [0.25, 0.3) is 0 Å². The normalized spacial score (nSPS) is 23.6. The number of aliphatic carboxylic acids is 1. The third-order valence-corrected chi connectivity index (χ3v) is 6.42. The van der Waals surface area contributed by atoms with Crippen LogP contribution in [-0.2, 0) is 9.59 Å². The van der Waals surface area contributed by atoms with Gasteiger partial charge in [-0.2, -0.15) is 0 Å². The van der Waals surface area contributed by atoms with Crippen LogP contribution in [0, 0.1) is 11.8 Å². The van der Waals surface area contributed by atoms with E-state index >= 15 is 0 Å². The molecule has 0 unspecified atom stereocenters. The van der Waals surface area contributed by atoms with Gasteiger partial charge in [-0.3, -0.25) is 9.59 Å². The maximum Gasteiger partial charge on any atom is 0.307 e. The standard InChI is InChI=1S/C17H18ClN3O3S/c18-10-1-4-13-14(9-10)25-17(19-13)21-7-5-20(6-8-21)15(22)11-2-3-12(11)16(23)24/h1,4,9,11-12H,2-3,5-8H2,(H,23,24)/t11-,12-/m0/s1. The Bertz CT molecular complexity index is 832. The number of nitrogens with zero attached hydrogens (tertiary/aromatic N) is 3. The lowest BCUT2D eigenvalue weighted by Crippen LogP contribution is -2.53. The first-order chi connectivity index (χ1) is 12.0. The molecule has 2 heterocycles. The number of piperazine rings is 1. The summed E-state index contributed by atoms with van der Waals surface area (Å²) >= 11 is 7.63. The molecule has 6 nitrogen and oxygen atoms in total. The lowest BCUT2D eigenvalue weighted by molar-refractivity contribution is -0.156. The first-order valence-corrected chi connectivity index (χ1v) is 9.55. The van der Waals surface area contributed by atoms with Gasteiger partial charge in [0.1, 0.15) is 0 Å². The molecule has 2 atom stereocenters. The zero-order chi connectivity index (χ0) is 17.6. The van der Waals surface area contributed by atoms with Crippen molar-refractivity contribution in [3.8, 4) is 0 Å². The summed E-state index contributed by atoms with van der Waals surface area (Å²) in [5.74, 6) is -1.70. The average Bonchev–Trinajstić information content (AvgIpc) is 2.96. The molecule has 8 heteroatoms. The quantitative estimate of drug-likeness (QED) is 0.887. The first kappa shape index (κ1) is 16.6. The van der Waals surface area contributed by atoms with Gasteiger partial charge in [0.05, 0.1) is 22.1 Å². The number of carboxylic acids is 1. The summed E-state index contributed by atoms with van der Waals surface area (Å²) < 4.78 is 1.06. The minimum absolute atomic E-state index is 0.00520. The Kier molecular flexibility index (Phi) is 4.29. The van der Waals surface area contributed by atoms with Crippen LogP contribution in [0.4, 0.5) is 5.13 Å². The zero-order valence-corrected chi connectivity index (χ0v) is 15.1. The Morgan fingerprint density at radius 1 is 1.16 bits per heavy atom. The molecule has 1 aromatic carbocycles. The Hall–Kier alpha value is -1.86. The van der Waals surface area contributed by atoms with E-state index in [0.717, 1.165) is 15.3 Å². The Morgan fingerprint density at radius 2 is 1.88 bits per heavy atom. The molecule has 1 saturated heterocycles. The fraction of sp³-hybridized carbons (Fsp3) is 0.471. The Morgan fingerprint density at radius 3 is 2.52 bits per heavy atom. The van der Waals surface area contributed by atoms with Gasteiger partial charge in [0, 0.05) is 31.2 Å². The van der Waals surface area contributed by atoms with Crippen molar-refractivity contribution in [3.63, 3.8) is 0 Å². The minimum Gasteiger partial charge on any atom is -0.481 e. The number of hydrogen-bond acceptors (Lipinski definition) is 5. The molecule has 132 valence electrons. The second kappa shape index (κ2) is 6.46. The van der Waals surface area contributed by atoms with Gasteiger partial charge in [-0.15, -0.1) is 0 Å². The Labute approximate surface area is 154 Å². The summed E-state index contributed by atoms with van der Waals surface area (Å²) in [5, 5.41) is 10.8. The maximum atomic E-state index is 12.5. The molecule has 1 amide bonds. The lowest BCUT2D eigenvalue weighted by atomic mass is 9.73. The second-order valence-electron chi connectivity index (χ2n) is 6.55. The molecule has 1 saturated carbocycles. The van der Waals surface area contributed by atoms with Crippen molar-refractivity contribution < 1.29 is 14.7 Å². The van der Waals surface area contributed by atoms with Crippen LogP contribution in [0.5, 0.6) is 0 Å². The van der Waals surface area contributed by atoms with E-state index in [1.165, 1.54) is 0 Å². The third-order valence-electron chi connectivity index (χ3n) is 5.11. The van der Waals surface area contributed by atoms with E-state index in [-0.39, 0.29) is 11.8 Å². The van der Waals surface area contributed by atoms with Crippen LogP contribution in [0.25, 0.3) is 10.2 Å². The number of carbonyl (C=O) groups is 2. The van der Waals surface area contributed by atoms with Crippen molar-refractivity contribution >= 4 is 50.2 Å². The van der Waals surface area contributed by atoms with Crippen LogP contribution in [0.1, 0.15) is 12.8 Å². The average molecular weight is 380 g/mol. The summed E-state index contributed by atoms with van der Waals surface area (Å²) in [5.41, 5.74) is 0.932. The van der Waals surface area contributed by atoms with Crippen LogP contribution in [0.3, 0.4) is 0 Å². The molecule has 2 aliphatic rings. The Balaban J connectivity index is 1.40. The highest BCUT2D eigenvalue weighted by molar-refractivity contribution is 7.22. The largest absolute Gasteiger partial charge is 0.481 e. The van der Waals surface area contributed by atoms with E-state index in [0.29, 0.717) is 44.0 Å². The molecule has 1 aliphatic carbocycles. The number of benzene rings is 1. The molecule has 2 fully saturated rings. The van der Waals surface area contributed by atoms with Gasteiger partial charge in [0.15, 0.2) is 5.13 Å². The predicted molar refractivity (Wildman–Crippen MR) is 97.3 cm³/mol. The summed E-state index contributed by atoms with van der Waals surface area (Å²) in [6.45, 7) is 2.64. The van der Waals surface area contributed by atoms with Crippen molar-refractivity contribution in [2.75, 3.05) is 31.1 Å². The smallest absolute Gasteiger partial charge is 0.307 e. The molecule has 4 rings (SSSR count). The van der Waals surface area contributed by atoms with Crippen molar-refractivity contribution in [1.82, 2.24) is 9.88 Å². The molecule has 0 radical (unpaired) electrons. The summed E-state index contributed by atoms with van der Waals surface area (Å²) in [4.78, 5) is 32.3. The topological polar surface area (TPSA) is 73.7 Å². The molecule has 25 heavy (non-hydrogen) atoms. The number of halogens is 1. The number of aromatic nitrogens is 1. The molecule has 2 aromatic rings. The second-order valence-corrected chi connectivity index (χ2v) is 7.99. The van der Waals surface area contributed by atoms with Gasteiger partial charge in [0.2, 0.25) is 5.91 Å². The summed E-state index contributed by atoms with van der Waals surface area (Å²) in [6, 6.07) is 5.67. The molecule has 0 spiro atoms. The molecule has 1 aliphatic heterocycles. The monoisotopic (exact) mass is 379 g/mol. The maximum absolute atomic E-state index is 12.5. The van der Waals surface area contributed by atoms with Crippen LogP contribution in [0.2, 0.25) is 5.02 Å². The van der Waals surface area contributed by atoms with Crippen molar-refractivity contribution in [1.29, 1.82) is 0 Å². The van der Waals surface area contributed by atoms with E-state index < -0.39 is 11.9 Å². The SMILES string of the molecule is O=C(O)[C@H]1CC[C@@H]1C(=O)N1CCN(c2nc3ccc(Cl)cc3s2)CC1. The number of hydrogen-bond donors (Lipinski definition) is 1. The summed E-state index contributed by atoms with van der Waals surface area (Å²) in [7, 11) is 0. The first-order valence-electron chi connectivity index (χ1n) is 8.35. The molecular weight excluding hydrogens is 362 g/mol. The number of anilines is 1. The fourth-order valence-corrected chi connectivity index (χ4v) is 4.76. The number of rotatable bonds is 3. The van der Waals surface area contributed by atoms with Crippen molar-refractivity contribution in [2.45, 2.75) is 12.8 Å². The highest BCUT2D eigenvalue weighted by Gasteiger charge is 2.43. The van der Waals surface area contributed by atoms with Gasteiger partial charge >= 0.3 is 5.97 Å². The number of amides is 1. The van der Waals surface area contributed by atoms with Gasteiger partial charge in [-0.1, -0.05) is 22.9 Å². The fourth-order valence-electron chi connectivity index (χ4n) is 3.47. The van der Waals surface area contributed by atoms with Gasteiger partial charge in [-0.05, 0) is 31.0 Å². The van der Waals surface area contributed by atoms with Gasteiger partial charge < -0.3 is 14.9 Å². The number of carboxylic acid groups (broad SMARTS) is 1. The van der Waals surface area contributed by atoms with Crippen molar-refractivity contribution in [2.24, 2.45) is 11.8 Å². The minimum atomic E-state index is -0.851. The highest BCUT2D eigenvalue weighted by atomic mass is 35.5. The summed E-state index contributed by atoms with van der Waals surface area (Å²) in [6.07, 6.45) is 1.30. The van der Waals surface area contributed by atoms with Gasteiger partial charge in [-0.25, -0.2) is 4.98 Å². The molecular formula is C17H18ClN3O3S. The molecule has 0 bridgehead atoms. The highest BCUT2D eigenvalue weighted by Crippen LogP contribution is 2.36. The van der Waals surface area contributed by atoms with Crippen LogP contribution >= 0.6 is 22.9 Å². The zero-order valence-electron chi connectivity index (χ0n) is 13.5. The van der Waals surface area contributed by atoms with E-state index in [4.69, 9.17) is 16.7 Å². The lowest BCUT2D eigenvalue weighted by Gasteiger charge is -2.40. The number of carbonyl (C=O) groups excluding carboxylic acids is 1. The van der Waals surface area contributed by atoms with Crippen molar-refractivity contribution in [3.05, 3.63) is 23.2 Å². The number of thiazole rings is 1. The van der Waals surface area contributed by atoms with Crippen LogP contribution in [-0.4, -0.2) is 53.0 Å². The van der Waals surface area contributed by atoms with Crippen LogP contribution in [0.15, 0.2) is 18.2 Å². The van der Waals surface area contributed by atoms with Crippen LogP contribution < -0.4 is 4.90 Å². The van der Waals surface area contributed by atoms with E-state index in [9.17, 15) is 9.59 Å². The molecule has 1 N–H and O–H groups in total. The molecule has 1 aromatic heterocycles. The van der Waals surface area contributed by atoms with E-state index in [1.807, 2.05) is 18.2 Å². The predicted octanol–water partition coefficient (Wildman–Crippen LogP) is 2.71. The van der Waals surface area contributed by atoms with E-state index in [1.54, 1.807) is 16.2 Å². The number of fused-ring (bicyclic) bond motifs is 1.